The van der Waals surface area contributed by atoms with Crippen LogP contribution in [0.5, 0.6) is 5.75 Å². The van der Waals surface area contributed by atoms with Crippen molar-refractivity contribution in [2.45, 2.75) is 44.6 Å². The monoisotopic (exact) mass is 449 g/mol. The smallest absolute Gasteiger partial charge is 0.290 e. The minimum absolute atomic E-state index is 0.0500. The van der Waals surface area contributed by atoms with Crippen molar-refractivity contribution in [3.63, 3.8) is 0 Å². The summed E-state index contributed by atoms with van der Waals surface area (Å²) in [7, 11) is 3.48. The van der Waals surface area contributed by atoms with Gasteiger partial charge in [-0.1, -0.05) is 6.42 Å². The highest BCUT2D eigenvalue weighted by atomic mass is 16.5. The summed E-state index contributed by atoms with van der Waals surface area (Å²) in [6, 6.07) is 7.91. The van der Waals surface area contributed by atoms with Gasteiger partial charge in [-0.25, -0.2) is 4.68 Å². The second kappa shape index (κ2) is 7.32. The summed E-state index contributed by atoms with van der Waals surface area (Å²) in [6.45, 7) is 4.61. The van der Waals surface area contributed by atoms with E-state index in [1.165, 1.54) is 23.9 Å². The van der Waals surface area contributed by atoms with E-state index in [1.54, 1.807) is 14.2 Å². The van der Waals surface area contributed by atoms with E-state index in [-0.39, 0.29) is 16.6 Å². The molecule has 3 aromatic rings. The van der Waals surface area contributed by atoms with Crippen LogP contribution in [0, 0.1) is 11.3 Å². The number of aryl methyl sites for hydroxylation is 1. The molecular weight excluding hydrogens is 418 g/mol. The Kier molecular flexibility index (Phi) is 4.59. The van der Waals surface area contributed by atoms with E-state index in [1.807, 2.05) is 24.3 Å². The molecule has 6 rings (SSSR count). The number of H-pyrrole nitrogens is 1. The number of rotatable bonds is 6. The molecule has 1 spiro atoms. The number of hydrogen-bond donors (Lipinski definition) is 1. The zero-order valence-electron chi connectivity index (χ0n) is 19.6. The fourth-order valence-electron chi connectivity index (χ4n) is 5.59. The molecule has 8 nitrogen and oxygen atoms in total. The van der Waals surface area contributed by atoms with Gasteiger partial charge in [0.25, 0.3) is 5.56 Å². The number of aromatic nitrogens is 4. The lowest BCUT2D eigenvalue weighted by molar-refractivity contribution is 0.0382. The lowest BCUT2D eigenvalue weighted by Gasteiger charge is -2.42. The number of hydrogen-bond acceptors (Lipinski definition) is 6. The third kappa shape index (κ3) is 3.42. The number of aromatic amines is 1. The van der Waals surface area contributed by atoms with Crippen LogP contribution in [0.25, 0.3) is 22.3 Å². The molecule has 1 aliphatic heterocycles. The van der Waals surface area contributed by atoms with E-state index < -0.39 is 0 Å². The highest BCUT2D eigenvalue weighted by Gasteiger charge is 2.50. The predicted molar refractivity (Wildman–Crippen MR) is 127 cm³/mol. The maximum Gasteiger partial charge on any atom is 0.290 e. The van der Waals surface area contributed by atoms with Crippen molar-refractivity contribution < 1.29 is 9.47 Å². The first-order valence-electron chi connectivity index (χ1n) is 11.9. The summed E-state index contributed by atoms with van der Waals surface area (Å²) < 4.78 is 13.1. The Labute approximate surface area is 192 Å². The lowest BCUT2D eigenvalue weighted by atomic mass is 9.63. The van der Waals surface area contributed by atoms with Gasteiger partial charge >= 0.3 is 0 Å². The van der Waals surface area contributed by atoms with Crippen LogP contribution < -0.4 is 15.2 Å². The fraction of sp³-hybridized carbons (Fsp3) is 0.560. The first-order valence-corrected chi connectivity index (χ1v) is 11.9. The quantitative estimate of drug-likeness (QED) is 0.620. The summed E-state index contributed by atoms with van der Waals surface area (Å²) >= 11 is 0. The van der Waals surface area contributed by atoms with Crippen LogP contribution in [0.4, 0.5) is 5.69 Å². The second-order valence-electron chi connectivity index (χ2n) is 10.4. The van der Waals surface area contributed by atoms with Gasteiger partial charge in [-0.2, -0.15) is 10.2 Å². The zero-order chi connectivity index (χ0) is 22.8. The second-order valence-corrected chi connectivity index (χ2v) is 10.4. The van der Waals surface area contributed by atoms with E-state index in [0.717, 1.165) is 54.9 Å². The van der Waals surface area contributed by atoms with Crippen molar-refractivity contribution in [1.82, 2.24) is 20.0 Å². The Hall–Kier alpha value is -2.87. The summed E-state index contributed by atoms with van der Waals surface area (Å²) in [5.74, 6) is 1.29. The number of nitrogens with zero attached hydrogens (tertiary/aromatic N) is 4. The number of anilines is 1. The Bertz CT molecular complexity index is 1270. The van der Waals surface area contributed by atoms with Crippen molar-refractivity contribution in [3.05, 3.63) is 34.6 Å². The molecule has 3 heterocycles. The molecule has 0 radical (unpaired) electrons. The molecule has 0 amide bonds. The van der Waals surface area contributed by atoms with E-state index >= 15 is 0 Å². The third-order valence-electron chi connectivity index (χ3n) is 8.01. The van der Waals surface area contributed by atoms with Crippen molar-refractivity contribution in [2.24, 2.45) is 18.4 Å². The molecular formula is C25H31N5O3. The molecule has 3 fully saturated rings. The van der Waals surface area contributed by atoms with Gasteiger partial charge in [0.1, 0.15) is 28.4 Å². The maximum atomic E-state index is 13.1. The Morgan fingerprint density at radius 2 is 2.03 bits per heavy atom. The minimum atomic E-state index is -0.0724. The number of nitrogens with one attached hydrogen (secondary N) is 1. The van der Waals surface area contributed by atoms with Gasteiger partial charge in [-0.05, 0) is 62.3 Å². The van der Waals surface area contributed by atoms with Gasteiger partial charge in [-0.3, -0.25) is 9.89 Å². The molecule has 1 N–H and O–H groups in total. The van der Waals surface area contributed by atoms with E-state index in [4.69, 9.17) is 9.47 Å². The predicted octanol–water partition coefficient (Wildman–Crippen LogP) is 3.51. The highest BCUT2D eigenvalue weighted by molar-refractivity contribution is 5.93. The highest BCUT2D eigenvalue weighted by Crippen LogP contribution is 2.52. The van der Waals surface area contributed by atoms with Crippen molar-refractivity contribution in [2.75, 3.05) is 31.7 Å². The Morgan fingerprint density at radius 1 is 1.21 bits per heavy atom. The van der Waals surface area contributed by atoms with Crippen LogP contribution in [0.1, 0.15) is 39.0 Å². The van der Waals surface area contributed by atoms with Gasteiger partial charge in [0, 0.05) is 38.6 Å². The fourth-order valence-corrected chi connectivity index (χ4v) is 5.59. The first-order chi connectivity index (χ1) is 15.9. The number of fused-ring (bicyclic) bond motifs is 1. The van der Waals surface area contributed by atoms with E-state index in [0.29, 0.717) is 17.3 Å². The van der Waals surface area contributed by atoms with Crippen LogP contribution in [0.3, 0.4) is 0 Å². The van der Waals surface area contributed by atoms with Crippen molar-refractivity contribution in [1.29, 1.82) is 0 Å². The molecule has 1 saturated heterocycles. The van der Waals surface area contributed by atoms with Gasteiger partial charge in [0.05, 0.1) is 12.1 Å². The average Bonchev–Trinajstić information content (AvgIpc) is 3.18. The summed E-state index contributed by atoms with van der Waals surface area (Å²) in [5.41, 5.74) is 3.19. The number of ether oxygens (including phenoxy) is 2. The maximum absolute atomic E-state index is 13.1. The normalized spacial score (nSPS) is 22.6. The topological polar surface area (TPSA) is 85.3 Å². The van der Waals surface area contributed by atoms with Gasteiger partial charge in [-0.15, -0.1) is 0 Å². The average molecular weight is 450 g/mol. The molecule has 2 aromatic heterocycles. The number of methoxy groups -OCH3 is 1. The molecule has 2 saturated carbocycles. The van der Waals surface area contributed by atoms with Crippen LogP contribution in [-0.4, -0.2) is 52.4 Å². The van der Waals surface area contributed by atoms with Crippen molar-refractivity contribution in [3.8, 4) is 17.1 Å². The summed E-state index contributed by atoms with van der Waals surface area (Å²) in [6.07, 6.45) is 5.84. The molecule has 2 aliphatic carbocycles. The largest absolute Gasteiger partial charge is 0.488 e. The van der Waals surface area contributed by atoms with E-state index in [2.05, 4.69) is 27.1 Å². The van der Waals surface area contributed by atoms with Crippen molar-refractivity contribution >= 4 is 16.6 Å². The Morgan fingerprint density at radius 3 is 2.73 bits per heavy atom. The summed E-state index contributed by atoms with van der Waals surface area (Å²) in [5, 5.41) is 13.2. The zero-order valence-corrected chi connectivity index (χ0v) is 19.6. The summed E-state index contributed by atoms with van der Waals surface area (Å²) in [4.78, 5) is 15.4. The van der Waals surface area contributed by atoms with Gasteiger partial charge < -0.3 is 14.4 Å². The van der Waals surface area contributed by atoms with Gasteiger partial charge in [0.2, 0.25) is 0 Å². The molecule has 33 heavy (non-hydrogen) atoms. The molecule has 3 aliphatic rings. The molecule has 8 heteroatoms. The molecule has 1 aromatic carbocycles. The van der Waals surface area contributed by atoms with Crippen LogP contribution in [-0.2, 0) is 11.8 Å². The lowest BCUT2D eigenvalue weighted by Crippen LogP contribution is -2.39. The molecule has 0 bridgehead atoms. The van der Waals surface area contributed by atoms with Crippen LogP contribution in [0.15, 0.2) is 29.1 Å². The van der Waals surface area contributed by atoms with Crippen LogP contribution >= 0.6 is 0 Å². The minimum Gasteiger partial charge on any atom is -0.488 e. The van der Waals surface area contributed by atoms with Gasteiger partial charge in [0.15, 0.2) is 0 Å². The van der Waals surface area contributed by atoms with E-state index in [9.17, 15) is 4.79 Å². The number of benzene rings is 1. The SMILES string of the molecule is COCC1CN(c2cc(-c3n[nH]c4ccc(OC5(C)CC5)cc34)nn(C)c2=O)CC12CCC2. The Balaban J connectivity index is 1.38. The molecule has 1 atom stereocenters. The third-order valence-corrected chi connectivity index (χ3v) is 8.01. The standard InChI is InChI=1S/C25H31N5O3/c1-24(9-10-24)33-17-5-6-19-18(11-17)22(27-26-19)20-12-21(23(31)29(2)28-20)30-13-16(14-32-3)25(15-30)7-4-8-25/h5-6,11-12,16H,4,7-10,13-15H2,1-3H3,(H,26,27). The van der Waals surface area contributed by atoms with Crippen LogP contribution in [0.2, 0.25) is 0 Å². The molecule has 1 unspecified atom stereocenters. The molecule has 174 valence electrons. The first kappa shape index (κ1) is 20.7.